The normalized spacial score (nSPS) is 16.3. The lowest BCUT2D eigenvalue weighted by Crippen LogP contribution is -2.41. The highest BCUT2D eigenvalue weighted by Crippen LogP contribution is 2.47. The summed E-state index contributed by atoms with van der Waals surface area (Å²) in [6, 6.07) is 16.7. The third kappa shape index (κ3) is 3.74. The molecule has 0 N–H and O–H groups in total. The smallest absolute Gasteiger partial charge is 0.308 e. The zero-order chi connectivity index (χ0) is 19.5. The van der Waals surface area contributed by atoms with Crippen LogP contribution < -0.4 is 4.90 Å². The standard InChI is InChI=1S/C22H24N2O3S/c1-27-22(26)16-10-13-23(14-11-16)21(25)12-15-24-17-6-2-4-8-19(17)28-20-9-5-3-7-18(20)24/h2-9,16H,10-15H2,1H3. The lowest BCUT2D eigenvalue weighted by molar-refractivity contribution is -0.148. The molecular formula is C22H24N2O3S. The van der Waals surface area contributed by atoms with Crippen molar-refractivity contribution in [1.82, 2.24) is 4.90 Å². The first-order valence-electron chi connectivity index (χ1n) is 9.66. The Kier molecular flexibility index (Phi) is 5.57. The Bertz CT molecular complexity index is 832. The Labute approximate surface area is 169 Å². The van der Waals surface area contributed by atoms with E-state index in [0.717, 1.165) is 11.4 Å². The second-order valence-corrected chi connectivity index (χ2v) is 8.20. The van der Waals surface area contributed by atoms with E-state index in [9.17, 15) is 9.59 Å². The maximum atomic E-state index is 12.8. The number of anilines is 2. The first kappa shape index (κ1) is 18.9. The fraction of sp³-hybridized carbons (Fsp3) is 0.364. The van der Waals surface area contributed by atoms with E-state index in [-0.39, 0.29) is 17.8 Å². The molecule has 2 aromatic rings. The molecule has 0 radical (unpaired) electrons. The molecule has 1 fully saturated rings. The van der Waals surface area contributed by atoms with Crippen LogP contribution in [0.1, 0.15) is 19.3 Å². The van der Waals surface area contributed by atoms with Crippen LogP contribution in [0.2, 0.25) is 0 Å². The zero-order valence-corrected chi connectivity index (χ0v) is 16.8. The predicted octanol–water partition coefficient (Wildman–Crippen LogP) is 4.09. The molecule has 146 valence electrons. The number of carbonyl (C=O) groups excluding carboxylic acids is 2. The van der Waals surface area contributed by atoms with Gasteiger partial charge in [0.05, 0.1) is 24.4 Å². The van der Waals surface area contributed by atoms with E-state index in [4.69, 9.17) is 4.74 Å². The number of ether oxygens (including phenoxy) is 1. The molecule has 0 atom stereocenters. The average molecular weight is 397 g/mol. The van der Waals surface area contributed by atoms with Crippen molar-refractivity contribution in [1.29, 1.82) is 0 Å². The number of nitrogens with zero attached hydrogens (tertiary/aromatic N) is 2. The van der Waals surface area contributed by atoms with E-state index in [0.29, 0.717) is 38.9 Å². The molecule has 2 heterocycles. The Morgan fingerprint density at radius 3 is 2.14 bits per heavy atom. The summed E-state index contributed by atoms with van der Waals surface area (Å²) in [4.78, 5) is 31.0. The molecule has 1 amide bonds. The van der Waals surface area contributed by atoms with Gasteiger partial charge in [0.25, 0.3) is 0 Å². The second kappa shape index (κ2) is 8.27. The number of piperidine rings is 1. The second-order valence-electron chi connectivity index (χ2n) is 7.12. The van der Waals surface area contributed by atoms with Gasteiger partial charge in [0.1, 0.15) is 0 Å². The van der Waals surface area contributed by atoms with E-state index >= 15 is 0 Å². The lowest BCUT2D eigenvalue weighted by atomic mass is 9.97. The first-order valence-corrected chi connectivity index (χ1v) is 10.5. The minimum atomic E-state index is -0.161. The van der Waals surface area contributed by atoms with E-state index in [1.54, 1.807) is 11.8 Å². The van der Waals surface area contributed by atoms with Crippen molar-refractivity contribution in [3.05, 3.63) is 48.5 Å². The Hall–Kier alpha value is -2.47. The number of hydrogen-bond acceptors (Lipinski definition) is 5. The van der Waals surface area contributed by atoms with Gasteiger partial charge in [0.2, 0.25) is 5.91 Å². The Balaban J connectivity index is 1.43. The number of carbonyl (C=O) groups is 2. The quantitative estimate of drug-likeness (QED) is 0.729. The molecule has 0 aliphatic carbocycles. The number of methoxy groups -OCH3 is 1. The van der Waals surface area contributed by atoms with E-state index in [1.807, 2.05) is 17.0 Å². The molecule has 4 rings (SSSR count). The van der Waals surface area contributed by atoms with Crippen LogP contribution in [0.3, 0.4) is 0 Å². The predicted molar refractivity (Wildman–Crippen MR) is 110 cm³/mol. The van der Waals surface area contributed by atoms with Crippen molar-refractivity contribution in [2.45, 2.75) is 29.1 Å². The minimum absolute atomic E-state index is 0.0769. The molecule has 2 aliphatic rings. The number of hydrogen-bond donors (Lipinski definition) is 0. The highest BCUT2D eigenvalue weighted by Gasteiger charge is 2.29. The van der Waals surface area contributed by atoms with E-state index in [2.05, 4.69) is 41.3 Å². The van der Waals surface area contributed by atoms with Gasteiger partial charge in [-0.3, -0.25) is 9.59 Å². The van der Waals surface area contributed by atoms with Crippen LogP contribution in [0.4, 0.5) is 11.4 Å². The largest absolute Gasteiger partial charge is 0.469 e. The third-order valence-corrected chi connectivity index (χ3v) is 6.59. The van der Waals surface area contributed by atoms with Crippen LogP contribution in [0, 0.1) is 5.92 Å². The van der Waals surface area contributed by atoms with E-state index < -0.39 is 0 Å². The van der Waals surface area contributed by atoms with Crippen molar-refractivity contribution in [3.63, 3.8) is 0 Å². The van der Waals surface area contributed by atoms with Crippen molar-refractivity contribution in [2.24, 2.45) is 5.92 Å². The SMILES string of the molecule is COC(=O)C1CCN(C(=O)CCN2c3ccccc3Sc3ccccc32)CC1. The molecule has 2 aromatic carbocycles. The van der Waals surface area contributed by atoms with Gasteiger partial charge < -0.3 is 14.5 Å². The number of para-hydroxylation sites is 2. The molecule has 2 aliphatic heterocycles. The maximum Gasteiger partial charge on any atom is 0.308 e. The highest BCUT2D eigenvalue weighted by atomic mass is 32.2. The highest BCUT2D eigenvalue weighted by molar-refractivity contribution is 7.99. The summed E-state index contributed by atoms with van der Waals surface area (Å²) in [7, 11) is 1.42. The van der Waals surface area contributed by atoms with Gasteiger partial charge in [-0.25, -0.2) is 0 Å². The van der Waals surface area contributed by atoms with Crippen LogP contribution in [0.5, 0.6) is 0 Å². The summed E-state index contributed by atoms with van der Waals surface area (Å²) < 4.78 is 4.83. The van der Waals surface area contributed by atoms with Crippen LogP contribution >= 0.6 is 11.8 Å². The van der Waals surface area contributed by atoms with Gasteiger partial charge in [-0.15, -0.1) is 0 Å². The molecule has 1 saturated heterocycles. The zero-order valence-electron chi connectivity index (χ0n) is 16.0. The van der Waals surface area contributed by atoms with Crippen LogP contribution in [0.25, 0.3) is 0 Å². The first-order chi connectivity index (χ1) is 13.7. The van der Waals surface area contributed by atoms with Gasteiger partial charge in [-0.1, -0.05) is 36.0 Å². The number of fused-ring (bicyclic) bond motifs is 2. The number of rotatable bonds is 4. The fourth-order valence-electron chi connectivity index (χ4n) is 3.92. The average Bonchev–Trinajstić information content (AvgIpc) is 2.76. The van der Waals surface area contributed by atoms with Crippen molar-refractivity contribution < 1.29 is 14.3 Å². The minimum Gasteiger partial charge on any atom is -0.469 e. The van der Waals surface area contributed by atoms with E-state index in [1.165, 1.54) is 16.9 Å². The van der Waals surface area contributed by atoms with Crippen LogP contribution in [0.15, 0.2) is 58.3 Å². The summed E-state index contributed by atoms with van der Waals surface area (Å²) in [6.07, 6.45) is 1.82. The van der Waals surface area contributed by atoms with Crippen molar-refractivity contribution in [2.75, 3.05) is 31.6 Å². The van der Waals surface area contributed by atoms with Crippen LogP contribution in [-0.4, -0.2) is 43.5 Å². The third-order valence-electron chi connectivity index (χ3n) is 5.46. The Morgan fingerprint density at radius 2 is 1.57 bits per heavy atom. The molecule has 0 saturated carbocycles. The van der Waals surface area contributed by atoms with Gasteiger partial charge in [-0.05, 0) is 37.1 Å². The molecule has 28 heavy (non-hydrogen) atoms. The summed E-state index contributed by atoms with van der Waals surface area (Å²) in [5.41, 5.74) is 2.31. The summed E-state index contributed by atoms with van der Waals surface area (Å²) in [5, 5.41) is 0. The van der Waals surface area contributed by atoms with Crippen molar-refractivity contribution >= 4 is 35.0 Å². The van der Waals surface area contributed by atoms with Gasteiger partial charge in [-0.2, -0.15) is 0 Å². The summed E-state index contributed by atoms with van der Waals surface area (Å²) >= 11 is 1.77. The number of esters is 1. The molecule has 5 nitrogen and oxygen atoms in total. The monoisotopic (exact) mass is 396 g/mol. The Morgan fingerprint density at radius 1 is 1.00 bits per heavy atom. The molecular weight excluding hydrogens is 372 g/mol. The van der Waals surface area contributed by atoms with Gasteiger partial charge in [0.15, 0.2) is 0 Å². The molecule has 0 unspecified atom stereocenters. The molecule has 0 aromatic heterocycles. The number of benzene rings is 2. The lowest BCUT2D eigenvalue weighted by Gasteiger charge is -2.34. The van der Waals surface area contributed by atoms with Gasteiger partial charge in [0, 0.05) is 35.8 Å². The molecule has 0 bridgehead atoms. The number of amides is 1. The summed E-state index contributed by atoms with van der Waals surface area (Å²) in [6.45, 7) is 1.90. The molecule has 6 heteroatoms. The van der Waals surface area contributed by atoms with Crippen LogP contribution in [-0.2, 0) is 14.3 Å². The number of likely N-dealkylation sites (tertiary alicyclic amines) is 1. The molecule has 0 spiro atoms. The topological polar surface area (TPSA) is 49.9 Å². The summed E-state index contributed by atoms with van der Waals surface area (Å²) in [5.74, 6) is -0.0884. The fourth-order valence-corrected chi connectivity index (χ4v) is 5.01. The van der Waals surface area contributed by atoms with Gasteiger partial charge >= 0.3 is 5.97 Å². The maximum absolute atomic E-state index is 12.8. The van der Waals surface area contributed by atoms with Crippen molar-refractivity contribution in [3.8, 4) is 0 Å².